The monoisotopic (exact) mass is 271 g/mol. The van der Waals surface area contributed by atoms with Gasteiger partial charge in [0.1, 0.15) is 0 Å². The second-order valence-electron chi connectivity index (χ2n) is 4.06. The Morgan fingerprint density at radius 1 is 1.11 bits per heavy atom. The average molecular weight is 271 g/mol. The van der Waals surface area contributed by atoms with E-state index in [-0.39, 0.29) is 6.61 Å². The molecule has 0 bridgehead atoms. The molecule has 0 aliphatic carbocycles. The Morgan fingerprint density at radius 3 is 2.11 bits per heavy atom. The van der Waals surface area contributed by atoms with Crippen LogP contribution in [0.15, 0.2) is 29.2 Å². The molecule has 1 aromatic carbocycles. The summed E-state index contributed by atoms with van der Waals surface area (Å²) in [4.78, 5) is 0.332. The molecule has 0 aliphatic heterocycles. The molecule has 4 nitrogen and oxygen atoms in total. The molecule has 5 heteroatoms. The van der Waals surface area contributed by atoms with E-state index in [1.807, 2.05) is 26.0 Å². The zero-order valence-corrected chi connectivity index (χ0v) is 11.8. The summed E-state index contributed by atoms with van der Waals surface area (Å²) >= 11 is 0. The summed E-state index contributed by atoms with van der Waals surface area (Å²) in [6, 6.07) is 6.90. The van der Waals surface area contributed by atoms with Gasteiger partial charge in [-0.1, -0.05) is 26.0 Å². The van der Waals surface area contributed by atoms with Gasteiger partial charge in [0.2, 0.25) is 10.0 Å². The number of hydrogen-bond acceptors (Lipinski definition) is 3. The van der Waals surface area contributed by atoms with Crippen molar-refractivity contribution < 1.29 is 13.5 Å². The van der Waals surface area contributed by atoms with E-state index in [1.54, 1.807) is 12.1 Å². The standard InChI is InChI=1S/C13H21NO3S/c1-3-14(4-2)18(16,17)13-9-7-12(8-10-13)6-5-11-15/h7-10,15H,3-6,11H2,1-2H3. The van der Waals surface area contributed by atoms with Crippen LogP contribution in [0.3, 0.4) is 0 Å². The number of aryl methyl sites for hydroxylation is 1. The maximum absolute atomic E-state index is 12.2. The molecular weight excluding hydrogens is 250 g/mol. The molecule has 0 unspecified atom stereocenters. The molecule has 0 aromatic heterocycles. The summed E-state index contributed by atoms with van der Waals surface area (Å²) in [6.07, 6.45) is 1.46. The summed E-state index contributed by atoms with van der Waals surface area (Å²) in [6.45, 7) is 4.77. The first kappa shape index (κ1) is 15.1. The third-order valence-corrected chi connectivity index (χ3v) is 4.95. The van der Waals surface area contributed by atoms with Gasteiger partial charge >= 0.3 is 0 Å². The second-order valence-corrected chi connectivity index (χ2v) is 6.00. The summed E-state index contributed by atoms with van der Waals surface area (Å²) in [5, 5.41) is 8.75. The van der Waals surface area contributed by atoms with Crippen molar-refractivity contribution in [3.8, 4) is 0 Å². The molecule has 0 amide bonds. The summed E-state index contributed by atoms with van der Waals surface area (Å²) in [5.74, 6) is 0. The summed E-state index contributed by atoms with van der Waals surface area (Å²) < 4.78 is 25.9. The van der Waals surface area contributed by atoms with Crippen molar-refractivity contribution in [3.05, 3.63) is 29.8 Å². The van der Waals surface area contributed by atoms with Gasteiger partial charge in [-0.2, -0.15) is 4.31 Å². The van der Waals surface area contributed by atoms with Crippen LogP contribution in [0.2, 0.25) is 0 Å². The minimum atomic E-state index is -3.35. The van der Waals surface area contributed by atoms with E-state index < -0.39 is 10.0 Å². The van der Waals surface area contributed by atoms with Crippen LogP contribution in [0.4, 0.5) is 0 Å². The van der Waals surface area contributed by atoms with Gasteiger partial charge < -0.3 is 5.11 Å². The molecule has 102 valence electrons. The average Bonchev–Trinajstić information content (AvgIpc) is 2.38. The molecule has 0 heterocycles. The predicted molar refractivity (Wildman–Crippen MR) is 72.0 cm³/mol. The van der Waals surface area contributed by atoms with Gasteiger partial charge in [0.15, 0.2) is 0 Å². The highest BCUT2D eigenvalue weighted by Crippen LogP contribution is 2.16. The third kappa shape index (κ3) is 3.54. The molecule has 0 spiro atoms. The fraction of sp³-hybridized carbons (Fsp3) is 0.538. The molecule has 0 radical (unpaired) electrons. The SMILES string of the molecule is CCN(CC)S(=O)(=O)c1ccc(CCCO)cc1. The molecule has 0 aliphatic rings. The minimum absolute atomic E-state index is 0.152. The van der Waals surface area contributed by atoms with Gasteiger partial charge in [-0.15, -0.1) is 0 Å². The van der Waals surface area contributed by atoms with Crippen LogP contribution in [0, 0.1) is 0 Å². The lowest BCUT2D eigenvalue weighted by Gasteiger charge is -2.18. The van der Waals surface area contributed by atoms with E-state index in [9.17, 15) is 8.42 Å². The highest BCUT2D eigenvalue weighted by Gasteiger charge is 2.20. The van der Waals surface area contributed by atoms with E-state index in [4.69, 9.17) is 5.11 Å². The van der Waals surface area contributed by atoms with Crippen molar-refractivity contribution in [2.24, 2.45) is 0 Å². The van der Waals surface area contributed by atoms with Crippen molar-refractivity contribution in [2.45, 2.75) is 31.6 Å². The van der Waals surface area contributed by atoms with Crippen LogP contribution in [-0.2, 0) is 16.4 Å². The Labute approximate surface area is 109 Å². The Balaban J connectivity index is 2.90. The van der Waals surface area contributed by atoms with Gasteiger partial charge in [0, 0.05) is 19.7 Å². The van der Waals surface area contributed by atoms with Crippen LogP contribution in [0.1, 0.15) is 25.8 Å². The molecule has 0 fully saturated rings. The van der Waals surface area contributed by atoms with Gasteiger partial charge in [-0.25, -0.2) is 8.42 Å². The van der Waals surface area contributed by atoms with E-state index in [2.05, 4.69) is 0 Å². The van der Waals surface area contributed by atoms with Crippen LogP contribution >= 0.6 is 0 Å². The molecular formula is C13H21NO3S. The van der Waals surface area contributed by atoms with Gasteiger partial charge in [-0.3, -0.25) is 0 Å². The number of nitrogens with zero attached hydrogens (tertiary/aromatic N) is 1. The topological polar surface area (TPSA) is 57.6 Å². The highest BCUT2D eigenvalue weighted by molar-refractivity contribution is 7.89. The number of benzene rings is 1. The Hall–Kier alpha value is -0.910. The van der Waals surface area contributed by atoms with Crippen LogP contribution < -0.4 is 0 Å². The maximum atomic E-state index is 12.2. The number of hydrogen-bond donors (Lipinski definition) is 1. The van der Waals surface area contributed by atoms with Crippen molar-refractivity contribution in [2.75, 3.05) is 19.7 Å². The van der Waals surface area contributed by atoms with Crippen LogP contribution in [-0.4, -0.2) is 37.5 Å². The number of sulfonamides is 1. The van der Waals surface area contributed by atoms with Crippen molar-refractivity contribution in [1.82, 2.24) is 4.31 Å². The fourth-order valence-electron chi connectivity index (χ4n) is 1.82. The quantitative estimate of drug-likeness (QED) is 0.820. The highest BCUT2D eigenvalue weighted by atomic mass is 32.2. The molecule has 18 heavy (non-hydrogen) atoms. The van der Waals surface area contributed by atoms with Crippen LogP contribution in [0.25, 0.3) is 0 Å². The first-order valence-electron chi connectivity index (χ1n) is 6.26. The van der Waals surface area contributed by atoms with E-state index >= 15 is 0 Å². The Bertz CT molecular complexity index is 450. The molecule has 1 aromatic rings. The maximum Gasteiger partial charge on any atom is 0.243 e. The zero-order chi connectivity index (χ0) is 13.6. The molecule has 0 saturated carbocycles. The zero-order valence-electron chi connectivity index (χ0n) is 11.0. The normalized spacial score (nSPS) is 12.0. The Kier molecular flexibility index (Phi) is 5.78. The van der Waals surface area contributed by atoms with E-state index in [0.29, 0.717) is 24.4 Å². The van der Waals surface area contributed by atoms with Gasteiger partial charge in [-0.05, 0) is 30.5 Å². The summed E-state index contributed by atoms with van der Waals surface area (Å²) in [5.41, 5.74) is 1.04. The first-order valence-corrected chi connectivity index (χ1v) is 7.70. The fourth-order valence-corrected chi connectivity index (χ4v) is 3.28. The number of aliphatic hydroxyl groups excluding tert-OH is 1. The molecule has 0 saturated heterocycles. The third-order valence-electron chi connectivity index (χ3n) is 2.89. The second kappa shape index (κ2) is 6.87. The Morgan fingerprint density at radius 2 is 1.67 bits per heavy atom. The molecule has 1 rings (SSSR count). The van der Waals surface area contributed by atoms with E-state index in [1.165, 1.54) is 4.31 Å². The minimum Gasteiger partial charge on any atom is -0.396 e. The van der Waals surface area contributed by atoms with E-state index in [0.717, 1.165) is 12.0 Å². The van der Waals surface area contributed by atoms with Gasteiger partial charge in [0.05, 0.1) is 4.90 Å². The molecule has 1 N–H and O–H groups in total. The lowest BCUT2D eigenvalue weighted by atomic mass is 10.1. The number of aliphatic hydroxyl groups is 1. The first-order chi connectivity index (χ1) is 8.56. The lowest BCUT2D eigenvalue weighted by molar-refractivity contribution is 0.288. The smallest absolute Gasteiger partial charge is 0.243 e. The van der Waals surface area contributed by atoms with Crippen molar-refractivity contribution in [3.63, 3.8) is 0 Å². The van der Waals surface area contributed by atoms with Crippen molar-refractivity contribution in [1.29, 1.82) is 0 Å². The molecule has 0 atom stereocenters. The van der Waals surface area contributed by atoms with Gasteiger partial charge in [0.25, 0.3) is 0 Å². The predicted octanol–water partition coefficient (Wildman–Crippen LogP) is 1.64. The number of rotatable bonds is 7. The lowest BCUT2D eigenvalue weighted by Crippen LogP contribution is -2.30. The van der Waals surface area contributed by atoms with Crippen LogP contribution in [0.5, 0.6) is 0 Å². The largest absolute Gasteiger partial charge is 0.396 e. The van der Waals surface area contributed by atoms with Crippen molar-refractivity contribution >= 4 is 10.0 Å². The summed E-state index contributed by atoms with van der Waals surface area (Å²) in [7, 11) is -3.35.